The van der Waals surface area contributed by atoms with Gasteiger partial charge in [0.1, 0.15) is 5.82 Å². The highest BCUT2D eigenvalue weighted by Crippen LogP contribution is 2.29. The highest BCUT2D eigenvalue weighted by Gasteiger charge is 2.26. The van der Waals surface area contributed by atoms with E-state index >= 15 is 0 Å². The first kappa shape index (κ1) is 20.6. The Kier molecular flexibility index (Phi) is 6.57. The summed E-state index contributed by atoms with van der Waals surface area (Å²) in [5.41, 5.74) is 1.68. The van der Waals surface area contributed by atoms with Gasteiger partial charge in [-0.05, 0) is 35.4 Å². The van der Waals surface area contributed by atoms with Gasteiger partial charge in [0.25, 0.3) is 0 Å². The van der Waals surface area contributed by atoms with Gasteiger partial charge in [-0.3, -0.25) is 0 Å². The Morgan fingerprint density at radius 2 is 1.64 bits per heavy atom. The number of halogens is 3. The molecule has 0 spiro atoms. The maximum atomic E-state index is 12.9. The molecular weight excluding hydrogens is 431 g/mol. The largest absolute Gasteiger partial charge is 0.356 e. The van der Waals surface area contributed by atoms with E-state index < -0.39 is 20.5 Å². The lowest BCUT2D eigenvalue weighted by Crippen LogP contribution is -2.11. The third-order valence-corrected chi connectivity index (χ3v) is 7.10. The fraction of sp³-hybridized carbons (Fsp3) is 0.176. The summed E-state index contributed by atoms with van der Waals surface area (Å²) in [5.74, 6) is -3.24. The van der Waals surface area contributed by atoms with Crippen LogP contribution in [0.2, 0.25) is 0 Å². The van der Waals surface area contributed by atoms with Crippen LogP contribution in [0.15, 0.2) is 57.8 Å². The molecule has 0 fully saturated rings. The standard InChI is InChI=1S/C17H14F3N3O2S3/c18-13-5-1-11(2-6-13)9-21-16-22-23-17(27-16)26-10-12-3-7-14(8-4-12)28(24,25)15(19)20/h1-8,15H,9-10H2,(H,21,22). The molecule has 0 bridgehead atoms. The molecule has 0 saturated carbocycles. The third kappa shape index (κ3) is 5.24. The van der Waals surface area contributed by atoms with Crippen LogP contribution in [0.1, 0.15) is 11.1 Å². The first-order chi connectivity index (χ1) is 13.3. The van der Waals surface area contributed by atoms with E-state index in [4.69, 9.17) is 0 Å². The summed E-state index contributed by atoms with van der Waals surface area (Å²) in [7, 11) is -4.58. The van der Waals surface area contributed by atoms with Crippen LogP contribution in [-0.2, 0) is 22.1 Å². The zero-order valence-corrected chi connectivity index (χ0v) is 16.6. The van der Waals surface area contributed by atoms with Crippen molar-refractivity contribution in [3.63, 3.8) is 0 Å². The molecule has 2 aromatic carbocycles. The van der Waals surface area contributed by atoms with Gasteiger partial charge in [-0.2, -0.15) is 8.78 Å². The average molecular weight is 446 g/mol. The second-order valence-corrected chi connectivity index (χ2v) is 9.71. The van der Waals surface area contributed by atoms with E-state index in [2.05, 4.69) is 15.5 Å². The summed E-state index contributed by atoms with van der Waals surface area (Å²) >= 11 is 2.74. The Balaban J connectivity index is 1.53. The van der Waals surface area contributed by atoms with Crippen molar-refractivity contribution in [2.45, 2.75) is 27.3 Å². The van der Waals surface area contributed by atoms with Crippen molar-refractivity contribution in [1.82, 2.24) is 10.2 Å². The lowest BCUT2D eigenvalue weighted by molar-refractivity contribution is 0.234. The number of hydrogen-bond donors (Lipinski definition) is 1. The molecule has 3 aromatic rings. The van der Waals surface area contributed by atoms with E-state index in [1.807, 2.05) is 0 Å². The number of benzene rings is 2. The second kappa shape index (κ2) is 8.93. The lowest BCUT2D eigenvalue weighted by Gasteiger charge is -2.04. The van der Waals surface area contributed by atoms with Gasteiger partial charge in [0, 0.05) is 12.3 Å². The van der Waals surface area contributed by atoms with Crippen LogP contribution in [0.3, 0.4) is 0 Å². The van der Waals surface area contributed by atoms with Gasteiger partial charge >= 0.3 is 5.76 Å². The monoisotopic (exact) mass is 445 g/mol. The quantitative estimate of drug-likeness (QED) is 0.512. The molecule has 28 heavy (non-hydrogen) atoms. The van der Waals surface area contributed by atoms with Gasteiger partial charge in [-0.1, -0.05) is 47.4 Å². The molecule has 1 heterocycles. The normalized spacial score (nSPS) is 11.7. The minimum Gasteiger partial charge on any atom is -0.356 e. The molecule has 11 heteroatoms. The zero-order chi connectivity index (χ0) is 20.1. The van der Waals surface area contributed by atoms with Gasteiger partial charge in [0.15, 0.2) is 4.34 Å². The van der Waals surface area contributed by atoms with Crippen LogP contribution in [0.25, 0.3) is 0 Å². The van der Waals surface area contributed by atoms with Crippen molar-refractivity contribution in [2.24, 2.45) is 0 Å². The van der Waals surface area contributed by atoms with E-state index in [1.165, 1.54) is 59.5 Å². The summed E-state index contributed by atoms with van der Waals surface area (Å²) in [5, 5.41) is 11.8. The van der Waals surface area contributed by atoms with Crippen molar-refractivity contribution in [1.29, 1.82) is 0 Å². The number of alkyl halides is 2. The Morgan fingerprint density at radius 3 is 2.29 bits per heavy atom. The van der Waals surface area contributed by atoms with E-state index in [0.29, 0.717) is 21.8 Å². The van der Waals surface area contributed by atoms with Gasteiger partial charge in [-0.15, -0.1) is 10.2 Å². The fourth-order valence-corrected chi connectivity index (χ4v) is 4.57. The molecule has 0 aliphatic carbocycles. The number of aromatic nitrogens is 2. The summed E-state index contributed by atoms with van der Waals surface area (Å²) in [6.07, 6.45) is 0. The summed E-state index contributed by atoms with van der Waals surface area (Å²) < 4.78 is 61.5. The molecule has 0 aliphatic rings. The summed E-state index contributed by atoms with van der Waals surface area (Å²) in [6.45, 7) is 0.486. The SMILES string of the molecule is O=S(=O)(c1ccc(CSc2nnc(NCc3ccc(F)cc3)s2)cc1)C(F)F. The Bertz CT molecular complexity index is 1020. The zero-order valence-electron chi connectivity index (χ0n) is 14.2. The van der Waals surface area contributed by atoms with Gasteiger partial charge in [0.2, 0.25) is 15.0 Å². The number of nitrogens with one attached hydrogen (secondary N) is 1. The van der Waals surface area contributed by atoms with Gasteiger partial charge in [0.05, 0.1) is 4.90 Å². The molecule has 0 amide bonds. The van der Waals surface area contributed by atoms with Crippen molar-refractivity contribution in [2.75, 3.05) is 5.32 Å². The Hall–Kier alpha value is -2.11. The molecule has 1 N–H and O–H groups in total. The van der Waals surface area contributed by atoms with Crippen molar-refractivity contribution in [3.05, 3.63) is 65.5 Å². The first-order valence-corrected chi connectivity index (χ1v) is 11.2. The van der Waals surface area contributed by atoms with E-state index in [-0.39, 0.29) is 5.82 Å². The molecule has 148 valence electrons. The van der Waals surface area contributed by atoms with Crippen LogP contribution in [-0.4, -0.2) is 24.4 Å². The van der Waals surface area contributed by atoms with Crippen LogP contribution in [0, 0.1) is 5.82 Å². The molecule has 0 aliphatic heterocycles. The predicted molar refractivity (Wildman–Crippen MR) is 103 cm³/mol. The third-order valence-electron chi connectivity index (χ3n) is 3.61. The number of rotatable bonds is 8. The molecule has 5 nitrogen and oxygen atoms in total. The summed E-state index contributed by atoms with van der Waals surface area (Å²) in [6, 6.07) is 11.5. The maximum absolute atomic E-state index is 12.9. The molecule has 0 radical (unpaired) electrons. The highest BCUT2D eigenvalue weighted by molar-refractivity contribution is 8.00. The molecule has 0 saturated heterocycles. The Morgan fingerprint density at radius 1 is 1.00 bits per heavy atom. The number of nitrogens with zero attached hydrogens (tertiary/aromatic N) is 2. The van der Waals surface area contributed by atoms with Gasteiger partial charge < -0.3 is 5.32 Å². The van der Waals surface area contributed by atoms with Crippen LogP contribution >= 0.6 is 23.1 Å². The second-order valence-electron chi connectivity index (χ2n) is 5.59. The average Bonchev–Trinajstić information content (AvgIpc) is 3.14. The number of anilines is 1. The van der Waals surface area contributed by atoms with Crippen molar-refractivity contribution in [3.8, 4) is 0 Å². The first-order valence-electron chi connectivity index (χ1n) is 7.90. The number of sulfone groups is 1. The van der Waals surface area contributed by atoms with E-state index in [0.717, 1.165) is 11.1 Å². The molecule has 0 unspecified atom stereocenters. The number of thioether (sulfide) groups is 1. The molecule has 3 rings (SSSR count). The van der Waals surface area contributed by atoms with Crippen LogP contribution in [0.4, 0.5) is 18.3 Å². The smallest absolute Gasteiger partial charge is 0.341 e. The lowest BCUT2D eigenvalue weighted by atomic mass is 10.2. The Labute approximate surface area is 167 Å². The molecule has 1 aromatic heterocycles. The highest BCUT2D eigenvalue weighted by atomic mass is 32.2. The van der Waals surface area contributed by atoms with Crippen LogP contribution in [0.5, 0.6) is 0 Å². The van der Waals surface area contributed by atoms with Crippen molar-refractivity contribution >= 4 is 38.1 Å². The van der Waals surface area contributed by atoms with Crippen molar-refractivity contribution < 1.29 is 21.6 Å². The maximum Gasteiger partial charge on any atom is 0.341 e. The predicted octanol–water partition coefficient (Wildman–Crippen LogP) is 4.58. The van der Waals surface area contributed by atoms with E-state index in [1.54, 1.807) is 12.1 Å². The molecule has 0 atom stereocenters. The number of hydrogen-bond acceptors (Lipinski definition) is 7. The summed E-state index contributed by atoms with van der Waals surface area (Å²) in [4.78, 5) is -0.403. The molecular formula is C17H14F3N3O2S3. The fourth-order valence-electron chi connectivity index (χ4n) is 2.14. The topological polar surface area (TPSA) is 72.0 Å². The van der Waals surface area contributed by atoms with Gasteiger partial charge in [-0.25, -0.2) is 12.8 Å². The van der Waals surface area contributed by atoms with E-state index in [9.17, 15) is 21.6 Å². The minimum atomic E-state index is -4.58. The van der Waals surface area contributed by atoms with Crippen LogP contribution < -0.4 is 5.32 Å². The minimum absolute atomic E-state index is 0.293.